The first kappa shape index (κ1) is 16.4. The average molecular weight is 326 g/mol. The molecule has 0 rings (SSSR count). The van der Waals surface area contributed by atoms with Crippen molar-refractivity contribution in [2.45, 2.75) is 25.4 Å². The van der Waals surface area contributed by atoms with E-state index in [1.165, 1.54) is 18.7 Å². The molecule has 1 radical (unpaired) electrons. The first-order valence-electron chi connectivity index (χ1n) is 4.88. The van der Waals surface area contributed by atoms with Crippen molar-refractivity contribution in [1.82, 2.24) is 5.32 Å². The van der Waals surface area contributed by atoms with Crippen LogP contribution in [0.2, 0.25) is 0 Å². The fourth-order valence-corrected chi connectivity index (χ4v) is 2.37. The van der Waals surface area contributed by atoms with Gasteiger partial charge in [0.05, 0.1) is 0 Å². The second kappa shape index (κ2) is 8.52. The Labute approximate surface area is 112 Å². The number of hydrogen-bond donors (Lipinski definition) is 3. The number of carboxylic acid groups (broad SMARTS) is 1. The van der Waals surface area contributed by atoms with E-state index in [9.17, 15) is 14.4 Å². The number of nitrogens with two attached hydrogens (primary N) is 1. The minimum absolute atomic E-state index is 0.214. The number of carbonyl (C=O) groups is 3. The third-order valence-corrected chi connectivity index (χ3v) is 3.58. The van der Waals surface area contributed by atoms with Crippen molar-refractivity contribution >= 4 is 44.3 Å². The molecule has 4 N–H and O–H groups in total. The monoisotopic (exact) mass is 327 g/mol. The van der Waals surface area contributed by atoms with Crippen molar-refractivity contribution in [2.24, 2.45) is 5.73 Å². The summed E-state index contributed by atoms with van der Waals surface area (Å²) in [7, 11) is 0. The molecule has 2 atom stereocenters. The van der Waals surface area contributed by atoms with Gasteiger partial charge in [0.2, 0.25) is 0 Å². The summed E-state index contributed by atoms with van der Waals surface area (Å²) in [6, 6.07) is -1.45. The molecule has 17 heavy (non-hydrogen) atoms. The van der Waals surface area contributed by atoms with Crippen LogP contribution >= 0.6 is 11.8 Å². The van der Waals surface area contributed by atoms with Crippen molar-refractivity contribution in [3.63, 3.8) is 0 Å². The van der Waals surface area contributed by atoms with E-state index in [4.69, 9.17) is 10.8 Å². The van der Waals surface area contributed by atoms with Gasteiger partial charge in [-0.05, 0) is 0 Å². The molecule has 0 heterocycles. The zero-order chi connectivity index (χ0) is 13.4. The van der Waals surface area contributed by atoms with Crippen molar-refractivity contribution in [2.75, 3.05) is 11.5 Å². The molecule has 0 aromatic carbocycles. The van der Waals surface area contributed by atoms with E-state index in [0.717, 1.165) is 0 Å². The molecule has 1 amide bonds. The Balaban J connectivity index is 3.87. The predicted octanol–water partition coefficient (Wildman–Crippen LogP) is -1.28. The van der Waals surface area contributed by atoms with Crippen LogP contribution in [0, 0.1) is 0 Å². The van der Waals surface area contributed by atoms with Gasteiger partial charge in [0.1, 0.15) is 0 Å². The Morgan fingerprint density at radius 2 is 2.06 bits per heavy atom. The van der Waals surface area contributed by atoms with E-state index in [0.29, 0.717) is 17.9 Å². The zero-order valence-corrected chi connectivity index (χ0v) is 11.9. The molecular formula is C9H15N2O4SSe. The summed E-state index contributed by atoms with van der Waals surface area (Å²) in [6.07, 6.45) is 0.300. The fourth-order valence-electron chi connectivity index (χ4n) is 0.982. The average Bonchev–Trinajstić information content (AvgIpc) is 2.21. The number of nitrogens with one attached hydrogen (secondary N) is 1. The van der Waals surface area contributed by atoms with Gasteiger partial charge in [-0.3, -0.25) is 0 Å². The number of carbonyl (C=O) groups excluding carboxylic acids is 2. The summed E-state index contributed by atoms with van der Waals surface area (Å²) in [6.45, 7) is 1.27. The van der Waals surface area contributed by atoms with Crippen LogP contribution < -0.4 is 11.1 Å². The van der Waals surface area contributed by atoms with E-state index in [2.05, 4.69) is 21.3 Å². The number of carboxylic acids is 1. The van der Waals surface area contributed by atoms with Crippen LogP contribution in [0.4, 0.5) is 0 Å². The third kappa shape index (κ3) is 8.20. The van der Waals surface area contributed by atoms with Gasteiger partial charge in [0.25, 0.3) is 0 Å². The molecule has 0 spiro atoms. The zero-order valence-electron chi connectivity index (χ0n) is 9.34. The van der Waals surface area contributed by atoms with Gasteiger partial charge in [0, 0.05) is 0 Å². The molecular weight excluding hydrogens is 311 g/mol. The predicted molar refractivity (Wildman–Crippen MR) is 65.9 cm³/mol. The Morgan fingerprint density at radius 1 is 1.47 bits per heavy atom. The first-order valence-corrected chi connectivity index (χ1v) is 6.89. The molecule has 0 aliphatic carbocycles. The van der Waals surface area contributed by atoms with Gasteiger partial charge in [-0.2, -0.15) is 0 Å². The van der Waals surface area contributed by atoms with E-state index in [1.807, 2.05) is 0 Å². The topological polar surface area (TPSA) is 109 Å². The molecule has 6 nitrogen and oxygen atoms in total. The fraction of sp³-hybridized carbons (Fsp3) is 0.667. The van der Waals surface area contributed by atoms with Gasteiger partial charge < -0.3 is 0 Å². The summed E-state index contributed by atoms with van der Waals surface area (Å²) in [5.74, 6) is -0.501. The molecule has 0 aliphatic rings. The second-order valence-electron chi connectivity index (χ2n) is 3.38. The molecule has 0 aromatic rings. The molecule has 0 aromatic heterocycles. The van der Waals surface area contributed by atoms with Crippen LogP contribution in [0.15, 0.2) is 0 Å². The number of thioether (sulfide) groups is 1. The molecule has 0 unspecified atom stereocenters. The Kier molecular flexibility index (Phi) is 8.24. The number of rotatable bonds is 8. The van der Waals surface area contributed by atoms with E-state index < -0.39 is 18.1 Å². The molecule has 0 saturated heterocycles. The summed E-state index contributed by atoms with van der Waals surface area (Å²) < 4.78 is -0.214. The normalized spacial score (nSPS) is 13.8. The Hall–Kier alpha value is -0.561. The minimum atomic E-state index is -1.06. The Bertz CT molecular complexity index is 301. The molecule has 0 aliphatic heterocycles. The number of amides is 1. The summed E-state index contributed by atoms with van der Waals surface area (Å²) in [4.78, 5) is 32.3. The van der Waals surface area contributed by atoms with Crippen LogP contribution in [0.3, 0.4) is 0 Å². The van der Waals surface area contributed by atoms with Crippen LogP contribution in [0.5, 0.6) is 0 Å². The number of aliphatic carboxylic acids is 1. The van der Waals surface area contributed by atoms with Crippen LogP contribution in [-0.2, 0) is 14.4 Å². The first-order chi connectivity index (χ1) is 7.84. The van der Waals surface area contributed by atoms with E-state index in [1.54, 1.807) is 0 Å². The van der Waals surface area contributed by atoms with E-state index in [-0.39, 0.29) is 10.6 Å². The molecule has 0 saturated carbocycles. The van der Waals surface area contributed by atoms with Gasteiger partial charge >= 0.3 is 112 Å². The molecule has 8 heteroatoms. The van der Waals surface area contributed by atoms with Crippen molar-refractivity contribution in [1.29, 1.82) is 0 Å². The van der Waals surface area contributed by atoms with Crippen molar-refractivity contribution in [3.8, 4) is 0 Å². The number of hydrogen-bond acceptors (Lipinski definition) is 5. The van der Waals surface area contributed by atoms with Crippen LogP contribution in [-0.4, -0.2) is 61.3 Å². The van der Waals surface area contributed by atoms with Crippen LogP contribution in [0.1, 0.15) is 13.3 Å². The summed E-state index contributed by atoms with van der Waals surface area (Å²) >= 11 is 3.69. The standard InChI is InChI=1S/C9H15N2O4SSe/c1-5(12)11-7(8(13)14)2-3-16-4-6(10)9(15)17/h6-7H,2-4,10H2,1H3,(H,11,12)(H,13,14)/t6-,7-/m0/s1. The third-order valence-electron chi connectivity index (χ3n) is 1.83. The molecule has 0 fully saturated rings. The second-order valence-corrected chi connectivity index (χ2v) is 5.37. The van der Waals surface area contributed by atoms with E-state index >= 15 is 0 Å². The SMILES string of the molecule is CC(=O)N[C@@H](CCSC[C@H](N)C(=O)[Se])C(=O)O. The Morgan fingerprint density at radius 3 is 2.47 bits per heavy atom. The molecule has 0 bridgehead atoms. The van der Waals surface area contributed by atoms with Gasteiger partial charge in [0.15, 0.2) is 0 Å². The molecule has 97 valence electrons. The van der Waals surface area contributed by atoms with Crippen molar-refractivity contribution in [3.05, 3.63) is 0 Å². The maximum absolute atomic E-state index is 10.8. The summed E-state index contributed by atoms with van der Waals surface area (Å²) in [5, 5.41) is 11.1. The summed E-state index contributed by atoms with van der Waals surface area (Å²) in [5.41, 5.74) is 5.49. The maximum atomic E-state index is 10.8. The van der Waals surface area contributed by atoms with Gasteiger partial charge in [-0.1, -0.05) is 0 Å². The van der Waals surface area contributed by atoms with Gasteiger partial charge in [-0.25, -0.2) is 0 Å². The van der Waals surface area contributed by atoms with Crippen molar-refractivity contribution < 1.29 is 19.5 Å². The quantitative estimate of drug-likeness (QED) is 0.379. The van der Waals surface area contributed by atoms with Crippen LogP contribution in [0.25, 0.3) is 0 Å². The van der Waals surface area contributed by atoms with Gasteiger partial charge in [-0.15, -0.1) is 0 Å².